The molecular weight excluding hydrogens is 496 g/mol. The molecule has 3 aliphatic rings. The zero-order chi connectivity index (χ0) is 28.4. The summed E-state index contributed by atoms with van der Waals surface area (Å²) < 4.78 is 12.3. The number of benzene rings is 1. The fourth-order valence-electron chi connectivity index (χ4n) is 7.06. The first-order valence-electron chi connectivity index (χ1n) is 14.1. The third kappa shape index (κ3) is 4.82. The van der Waals surface area contributed by atoms with E-state index >= 15 is 0 Å². The molecule has 1 N–H and O–H groups in total. The minimum absolute atomic E-state index is 0.0916. The van der Waals surface area contributed by atoms with Gasteiger partial charge in [-0.1, -0.05) is 55.8 Å². The Kier molecular flexibility index (Phi) is 8.66. The molecule has 212 valence electrons. The third-order valence-corrected chi connectivity index (χ3v) is 8.81. The minimum Gasteiger partial charge on any atom is -0.465 e. The number of likely N-dealkylation sites (tertiary alicyclic amines) is 1. The molecule has 3 fully saturated rings. The normalized spacial score (nSPS) is 30.5. The Hall–Kier alpha value is -2.97. The molecule has 0 radical (unpaired) electrons. The maximum Gasteiger partial charge on any atom is 0.312 e. The van der Waals surface area contributed by atoms with Crippen LogP contribution in [0, 0.1) is 11.8 Å². The fraction of sp³-hybridized carbons (Fsp3) is 0.581. The van der Waals surface area contributed by atoms with E-state index in [1.807, 2.05) is 44.2 Å². The first-order chi connectivity index (χ1) is 18.7. The average molecular weight is 539 g/mol. The number of aliphatic hydroxyl groups excluding tert-OH is 1. The van der Waals surface area contributed by atoms with Crippen LogP contribution in [-0.2, 0) is 23.9 Å². The zero-order valence-corrected chi connectivity index (χ0v) is 23.4. The van der Waals surface area contributed by atoms with Gasteiger partial charge in [-0.3, -0.25) is 14.4 Å². The van der Waals surface area contributed by atoms with E-state index in [0.29, 0.717) is 31.4 Å². The molecule has 3 aliphatic heterocycles. The number of nitrogens with zero attached hydrogens (tertiary/aromatic N) is 2. The van der Waals surface area contributed by atoms with Crippen LogP contribution in [0.25, 0.3) is 0 Å². The maximum atomic E-state index is 14.6. The van der Waals surface area contributed by atoms with Crippen LogP contribution in [0.1, 0.15) is 64.5 Å². The maximum absolute atomic E-state index is 14.6. The van der Waals surface area contributed by atoms with Crippen LogP contribution < -0.4 is 0 Å². The predicted octanol–water partition coefficient (Wildman–Crippen LogP) is 3.81. The van der Waals surface area contributed by atoms with Crippen LogP contribution in [0.15, 0.2) is 55.6 Å². The second-order valence-corrected chi connectivity index (χ2v) is 11.2. The highest BCUT2D eigenvalue weighted by atomic mass is 16.6. The number of amides is 2. The molecule has 4 rings (SSSR count). The molecule has 3 heterocycles. The van der Waals surface area contributed by atoms with Gasteiger partial charge in [0.2, 0.25) is 11.8 Å². The molecule has 7 atom stereocenters. The first kappa shape index (κ1) is 29.0. The van der Waals surface area contributed by atoms with Crippen molar-refractivity contribution in [2.24, 2.45) is 11.8 Å². The molecule has 1 spiro atoms. The molecule has 0 aliphatic carbocycles. The van der Waals surface area contributed by atoms with Crippen LogP contribution in [0.4, 0.5) is 0 Å². The summed E-state index contributed by atoms with van der Waals surface area (Å²) in [7, 11) is 0. The number of carbonyl (C=O) groups is 3. The van der Waals surface area contributed by atoms with E-state index in [1.54, 1.807) is 17.1 Å². The van der Waals surface area contributed by atoms with Gasteiger partial charge in [0.15, 0.2) is 0 Å². The highest BCUT2D eigenvalue weighted by Crippen LogP contribution is 2.64. The van der Waals surface area contributed by atoms with Gasteiger partial charge in [0.05, 0.1) is 30.8 Å². The number of esters is 1. The lowest BCUT2D eigenvalue weighted by Gasteiger charge is -2.41. The van der Waals surface area contributed by atoms with E-state index in [4.69, 9.17) is 9.47 Å². The highest BCUT2D eigenvalue weighted by Gasteiger charge is 2.79. The van der Waals surface area contributed by atoms with E-state index in [-0.39, 0.29) is 31.1 Å². The number of ether oxygens (including phenoxy) is 2. The zero-order valence-electron chi connectivity index (χ0n) is 23.4. The Morgan fingerprint density at radius 1 is 1.26 bits per heavy atom. The molecule has 8 heteroatoms. The van der Waals surface area contributed by atoms with Crippen molar-refractivity contribution in [3.05, 3.63) is 61.2 Å². The Labute approximate surface area is 231 Å². The van der Waals surface area contributed by atoms with Gasteiger partial charge in [-0.05, 0) is 45.1 Å². The summed E-state index contributed by atoms with van der Waals surface area (Å²) in [6.07, 6.45) is 6.52. The summed E-state index contributed by atoms with van der Waals surface area (Å²) in [5.41, 5.74) is -1.40. The second kappa shape index (κ2) is 11.6. The van der Waals surface area contributed by atoms with Gasteiger partial charge in [0, 0.05) is 12.6 Å². The summed E-state index contributed by atoms with van der Waals surface area (Å²) in [6, 6.07) is 7.35. The van der Waals surface area contributed by atoms with Gasteiger partial charge in [-0.2, -0.15) is 0 Å². The molecule has 0 saturated carbocycles. The lowest BCUT2D eigenvalue weighted by molar-refractivity contribution is -0.162. The summed E-state index contributed by atoms with van der Waals surface area (Å²) >= 11 is 0. The lowest BCUT2D eigenvalue weighted by atomic mass is 9.66. The van der Waals surface area contributed by atoms with Crippen molar-refractivity contribution in [2.75, 3.05) is 19.8 Å². The number of aliphatic hydroxyl groups is 1. The van der Waals surface area contributed by atoms with E-state index in [1.165, 1.54) is 4.90 Å². The molecule has 2 bridgehead atoms. The summed E-state index contributed by atoms with van der Waals surface area (Å²) in [4.78, 5) is 45.7. The number of hydrogen-bond acceptors (Lipinski definition) is 6. The van der Waals surface area contributed by atoms with E-state index in [2.05, 4.69) is 20.1 Å². The Morgan fingerprint density at radius 2 is 1.97 bits per heavy atom. The van der Waals surface area contributed by atoms with Crippen LogP contribution in [-0.4, -0.2) is 75.7 Å². The van der Waals surface area contributed by atoms with Crippen molar-refractivity contribution in [3.8, 4) is 0 Å². The van der Waals surface area contributed by atoms with Gasteiger partial charge in [0.25, 0.3) is 0 Å². The molecule has 3 saturated heterocycles. The quantitative estimate of drug-likeness (QED) is 0.233. The van der Waals surface area contributed by atoms with Crippen LogP contribution in [0.2, 0.25) is 0 Å². The summed E-state index contributed by atoms with van der Waals surface area (Å²) in [5, 5.41) is 10.6. The van der Waals surface area contributed by atoms with Crippen molar-refractivity contribution in [2.45, 2.75) is 82.2 Å². The van der Waals surface area contributed by atoms with Crippen molar-refractivity contribution < 1.29 is 29.0 Å². The number of fused-ring (bicyclic) bond motifs is 1. The Morgan fingerprint density at radius 3 is 2.59 bits per heavy atom. The molecule has 3 unspecified atom stereocenters. The third-order valence-electron chi connectivity index (χ3n) is 8.81. The van der Waals surface area contributed by atoms with Gasteiger partial charge in [-0.25, -0.2) is 0 Å². The molecular formula is C31H42N2O6. The predicted molar refractivity (Wildman–Crippen MR) is 147 cm³/mol. The molecule has 1 aromatic rings. The lowest BCUT2D eigenvalue weighted by Crippen LogP contribution is -2.58. The van der Waals surface area contributed by atoms with Crippen LogP contribution >= 0.6 is 0 Å². The standard InChI is InChI=1S/C31H42N2O6/c1-6-9-19-38-29(37)25-24-27(35)33(23(20-34)22-14-11-10-12-15-22)26(31(24)17-16-30(25,5)39-31)28(36)32(18-8-3)21(4)13-7-2/h6,8,10-12,14-15,21,23-26,34H,1,3,7,9,13,16-20H2,2,4-5H3/t21?,23-,24+,25+,26?,30-,31?/m1/s1. The van der Waals surface area contributed by atoms with Gasteiger partial charge in [-0.15, -0.1) is 13.2 Å². The second-order valence-electron chi connectivity index (χ2n) is 11.2. The molecule has 0 aromatic heterocycles. The van der Waals surface area contributed by atoms with Crippen molar-refractivity contribution in [3.63, 3.8) is 0 Å². The van der Waals surface area contributed by atoms with Crippen molar-refractivity contribution in [1.29, 1.82) is 0 Å². The highest BCUT2D eigenvalue weighted by molar-refractivity contribution is 5.99. The summed E-state index contributed by atoms with van der Waals surface area (Å²) in [6.45, 7) is 13.6. The van der Waals surface area contributed by atoms with E-state index in [9.17, 15) is 19.5 Å². The van der Waals surface area contributed by atoms with Crippen LogP contribution in [0.3, 0.4) is 0 Å². The SMILES string of the molecule is C=CCCOC(=O)[C@@H]1[C@H]2C(=O)N([C@H](CO)c3ccccc3)C(C(=O)N(CC=C)C(C)CCC)C23CC[C@@]1(C)O3. The Balaban J connectivity index is 1.83. The van der Waals surface area contributed by atoms with Crippen LogP contribution in [0.5, 0.6) is 0 Å². The first-order valence-corrected chi connectivity index (χ1v) is 14.1. The number of carbonyl (C=O) groups excluding carboxylic acids is 3. The van der Waals surface area contributed by atoms with E-state index < -0.39 is 41.1 Å². The van der Waals surface area contributed by atoms with E-state index in [0.717, 1.165) is 12.8 Å². The number of hydrogen-bond donors (Lipinski definition) is 1. The summed E-state index contributed by atoms with van der Waals surface area (Å²) in [5.74, 6) is -2.82. The minimum atomic E-state index is -1.20. The molecule has 1 aromatic carbocycles. The van der Waals surface area contributed by atoms with Gasteiger partial charge >= 0.3 is 5.97 Å². The Bertz CT molecular complexity index is 1090. The topological polar surface area (TPSA) is 96.4 Å². The largest absolute Gasteiger partial charge is 0.465 e. The monoisotopic (exact) mass is 538 g/mol. The molecule has 39 heavy (non-hydrogen) atoms. The van der Waals surface area contributed by atoms with Crippen molar-refractivity contribution >= 4 is 17.8 Å². The number of rotatable bonds is 13. The molecule has 8 nitrogen and oxygen atoms in total. The van der Waals surface area contributed by atoms with Gasteiger partial charge < -0.3 is 24.4 Å². The average Bonchev–Trinajstić information content (AvgIpc) is 3.49. The van der Waals surface area contributed by atoms with Crippen molar-refractivity contribution in [1.82, 2.24) is 9.80 Å². The smallest absolute Gasteiger partial charge is 0.312 e. The van der Waals surface area contributed by atoms with Gasteiger partial charge in [0.1, 0.15) is 17.6 Å². The molecule has 2 amide bonds. The fourth-order valence-corrected chi connectivity index (χ4v) is 7.06.